The lowest BCUT2D eigenvalue weighted by Gasteiger charge is -2.28. The highest BCUT2D eigenvalue weighted by atomic mass is 16.4. The average molecular weight is 304 g/mol. The summed E-state index contributed by atoms with van der Waals surface area (Å²) in [6.45, 7) is 0.580. The highest BCUT2D eigenvalue weighted by Crippen LogP contribution is 2.19. The third-order valence-corrected chi connectivity index (χ3v) is 4.01. The highest BCUT2D eigenvalue weighted by molar-refractivity contribution is 5.87. The minimum absolute atomic E-state index is 0.0265. The number of nitrogens with zero attached hydrogens (tertiary/aromatic N) is 1. The molecular formula is C16H20N2O4. The number of carboxylic acids is 1. The van der Waals surface area contributed by atoms with Crippen LogP contribution in [0, 0.1) is 5.92 Å². The van der Waals surface area contributed by atoms with E-state index < -0.39 is 11.9 Å². The Bertz CT molecular complexity index is 559. The summed E-state index contributed by atoms with van der Waals surface area (Å²) in [4.78, 5) is 36.7. The minimum atomic E-state index is -0.981. The second kappa shape index (κ2) is 7.06. The van der Waals surface area contributed by atoms with Gasteiger partial charge in [0.15, 0.2) is 0 Å². The first-order chi connectivity index (χ1) is 10.5. The molecule has 0 aliphatic carbocycles. The maximum absolute atomic E-state index is 12.1. The first kappa shape index (κ1) is 16.0. The Labute approximate surface area is 129 Å². The molecule has 1 aliphatic rings. The fraction of sp³-hybridized carbons (Fsp3) is 0.438. The monoisotopic (exact) mass is 304 g/mol. The van der Waals surface area contributed by atoms with Gasteiger partial charge in [-0.15, -0.1) is 0 Å². The molecule has 6 heteroatoms. The lowest BCUT2D eigenvalue weighted by atomic mass is 9.94. The van der Waals surface area contributed by atoms with Crippen LogP contribution in [0.3, 0.4) is 0 Å². The number of aliphatic carboxylic acids is 1. The number of hydrogen-bond donors (Lipinski definition) is 2. The lowest BCUT2D eigenvalue weighted by Crippen LogP contribution is -2.43. The molecule has 6 nitrogen and oxygen atoms in total. The molecule has 2 amide bonds. The van der Waals surface area contributed by atoms with Gasteiger partial charge in [-0.05, 0) is 12.0 Å². The first-order valence-electron chi connectivity index (χ1n) is 7.28. The highest BCUT2D eigenvalue weighted by Gasteiger charge is 2.29. The van der Waals surface area contributed by atoms with E-state index >= 15 is 0 Å². The Morgan fingerprint density at radius 1 is 1.36 bits per heavy atom. The third-order valence-electron chi connectivity index (χ3n) is 4.01. The first-order valence-corrected chi connectivity index (χ1v) is 7.28. The second-order valence-electron chi connectivity index (χ2n) is 5.55. The van der Waals surface area contributed by atoms with E-state index in [9.17, 15) is 19.5 Å². The Morgan fingerprint density at radius 2 is 2.05 bits per heavy atom. The normalized spacial score (nSPS) is 19.6. The van der Waals surface area contributed by atoms with Gasteiger partial charge in [-0.1, -0.05) is 30.3 Å². The van der Waals surface area contributed by atoms with Gasteiger partial charge in [0.2, 0.25) is 11.8 Å². The van der Waals surface area contributed by atoms with Gasteiger partial charge in [0.05, 0.1) is 5.92 Å². The van der Waals surface area contributed by atoms with Crippen LogP contribution in [-0.2, 0) is 14.4 Å². The zero-order valence-corrected chi connectivity index (χ0v) is 12.5. The number of carboxylic acid groups (broad SMARTS) is 1. The van der Waals surface area contributed by atoms with Crippen LogP contribution < -0.4 is 5.32 Å². The molecule has 1 aliphatic heterocycles. The SMILES string of the molecule is CN1CCC(C(=O)NCC(C(=O)O)c2ccccc2)CC1=O. The van der Waals surface area contributed by atoms with Gasteiger partial charge in [-0.3, -0.25) is 14.4 Å². The third kappa shape index (κ3) is 3.84. The molecule has 118 valence electrons. The number of rotatable bonds is 5. The summed E-state index contributed by atoms with van der Waals surface area (Å²) in [7, 11) is 1.71. The number of nitrogens with one attached hydrogen (secondary N) is 1. The van der Waals surface area contributed by atoms with Crippen LogP contribution in [0.15, 0.2) is 30.3 Å². The van der Waals surface area contributed by atoms with Gasteiger partial charge in [-0.2, -0.15) is 0 Å². The molecule has 0 radical (unpaired) electrons. The van der Waals surface area contributed by atoms with Gasteiger partial charge in [0, 0.05) is 32.5 Å². The van der Waals surface area contributed by atoms with Crippen LogP contribution in [0.25, 0.3) is 0 Å². The van der Waals surface area contributed by atoms with Crippen molar-refractivity contribution in [3.8, 4) is 0 Å². The number of likely N-dealkylation sites (tertiary alicyclic amines) is 1. The maximum Gasteiger partial charge on any atom is 0.312 e. The van der Waals surface area contributed by atoms with Crippen molar-refractivity contribution in [1.82, 2.24) is 10.2 Å². The second-order valence-corrected chi connectivity index (χ2v) is 5.55. The van der Waals surface area contributed by atoms with Crippen LogP contribution >= 0.6 is 0 Å². The maximum atomic E-state index is 12.1. The summed E-state index contributed by atoms with van der Waals surface area (Å²) in [5.74, 6) is -2.43. The van der Waals surface area contributed by atoms with Crippen LogP contribution in [0.5, 0.6) is 0 Å². The standard InChI is InChI=1S/C16H20N2O4/c1-18-8-7-12(9-14(18)19)15(20)17-10-13(16(21)22)11-5-3-2-4-6-11/h2-6,12-13H,7-10H2,1H3,(H,17,20)(H,21,22). The predicted octanol–water partition coefficient (Wildman–Crippen LogP) is 0.839. The minimum Gasteiger partial charge on any atom is -0.481 e. The number of hydrogen-bond acceptors (Lipinski definition) is 3. The van der Waals surface area contributed by atoms with Crippen molar-refractivity contribution in [3.05, 3.63) is 35.9 Å². The molecule has 0 saturated carbocycles. The molecule has 1 aromatic rings. The molecule has 1 aromatic carbocycles. The molecule has 1 heterocycles. The van der Waals surface area contributed by atoms with Crippen molar-refractivity contribution in [1.29, 1.82) is 0 Å². The van der Waals surface area contributed by atoms with Gasteiger partial charge in [0.25, 0.3) is 0 Å². The summed E-state index contributed by atoms with van der Waals surface area (Å²) in [5, 5.41) is 12.0. The molecule has 0 spiro atoms. The Balaban J connectivity index is 1.94. The zero-order chi connectivity index (χ0) is 16.1. The summed E-state index contributed by atoms with van der Waals surface area (Å²) in [6.07, 6.45) is 0.794. The predicted molar refractivity (Wildman–Crippen MR) is 80.2 cm³/mol. The fourth-order valence-corrected chi connectivity index (χ4v) is 2.55. The fourth-order valence-electron chi connectivity index (χ4n) is 2.55. The molecule has 2 rings (SSSR count). The van der Waals surface area contributed by atoms with Crippen LogP contribution in [0.2, 0.25) is 0 Å². The molecule has 1 saturated heterocycles. The number of benzene rings is 1. The van der Waals surface area contributed by atoms with E-state index in [2.05, 4.69) is 5.32 Å². The van der Waals surface area contributed by atoms with E-state index in [1.54, 1.807) is 36.2 Å². The molecular weight excluding hydrogens is 284 g/mol. The molecule has 0 bridgehead atoms. The smallest absolute Gasteiger partial charge is 0.312 e. The van der Waals surface area contributed by atoms with E-state index in [0.29, 0.717) is 18.5 Å². The Morgan fingerprint density at radius 3 is 2.64 bits per heavy atom. The van der Waals surface area contributed by atoms with Gasteiger partial charge >= 0.3 is 5.97 Å². The topological polar surface area (TPSA) is 86.7 Å². The lowest BCUT2D eigenvalue weighted by molar-refractivity contribution is -0.140. The summed E-state index contributed by atoms with van der Waals surface area (Å²) >= 11 is 0. The molecule has 1 fully saturated rings. The van der Waals surface area contributed by atoms with Crippen molar-refractivity contribution in [2.24, 2.45) is 5.92 Å². The Hall–Kier alpha value is -2.37. The van der Waals surface area contributed by atoms with Gasteiger partial charge < -0.3 is 15.3 Å². The summed E-state index contributed by atoms with van der Waals surface area (Å²) in [6, 6.07) is 8.80. The van der Waals surface area contributed by atoms with E-state index in [-0.39, 0.29) is 30.7 Å². The number of carbonyl (C=O) groups is 3. The summed E-state index contributed by atoms with van der Waals surface area (Å²) < 4.78 is 0. The van der Waals surface area contributed by atoms with Crippen molar-refractivity contribution in [2.45, 2.75) is 18.8 Å². The van der Waals surface area contributed by atoms with Crippen LogP contribution in [0.4, 0.5) is 0 Å². The molecule has 2 unspecified atom stereocenters. The van der Waals surface area contributed by atoms with Gasteiger partial charge in [0.1, 0.15) is 0 Å². The van der Waals surface area contributed by atoms with Gasteiger partial charge in [-0.25, -0.2) is 0 Å². The van der Waals surface area contributed by atoms with Crippen molar-refractivity contribution < 1.29 is 19.5 Å². The number of amides is 2. The van der Waals surface area contributed by atoms with E-state index in [1.807, 2.05) is 6.07 Å². The quantitative estimate of drug-likeness (QED) is 0.844. The Kier molecular flexibility index (Phi) is 5.14. The summed E-state index contributed by atoms with van der Waals surface area (Å²) in [5.41, 5.74) is 0.648. The van der Waals surface area contributed by atoms with Crippen molar-refractivity contribution >= 4 is 17.8 Å². The van der Waals surface area contributed by atoms with Crippen LogP contribution in [0.1, 0.15) is 24.3 Å². The van der Waals surface area contributed by atoms with Crippen LogP contribution in [-0.4, -0.2) is 47.9 Å². The van der Waals surface area contributed by atoms with Crippen molar-refractivity contribution in [2.75, 3.05) is 20.1 Å². The molecule has 2 atom stereocenters. The number of piperidine rings is 1. The van der Waals surface area contributed by atoms with Crippen molar-refractivity contribution in [3.63, 3.8) is 0 Å². The van der Waals surface area contributed by atoms with E-state index in [0.717, 1.165) is 0 Å². The molecule has 0 aromatic heterocycles. The van der Waals surface area contributed by atoms with E-state index in [1.165, 1.54) is 0 Å². The largest absolute Gasteiger partial charge is 0.481 e. The zero-order valence-electron chi connectivity index (χ0n) is 12.5. The number of carbonyl (C=O) groups excluding carboxylic acids is 2. The van der Waals surface area contributed by atoms with E-state index in [4.69, 9.17) is 0 Å². The molecule has 2 N–H and O–H groups in total. The molecule has 22 heavy (non-hydrogen) atoms. The average Bonchev–Trinajstić information content (AvgIpc) is 2.50.